The number of hydrogen-bond acceptors (Lipinski definition) is 7. The SMILES string of the molecule is O=C(Nc1ccc(-n2cccn2)nc1)c1cc(S(=O)(=O)N2CCCCC2)ccc1N1CCOCC1. The van der Waals surface area contributed by atoms with Gasteiger partial charge < -0.3 is 15.0 Å². The van der Waals surface area contributed by atoms with Crippen LogP contribution in [-0.4, -0.2) is 72.8 Å². The lowest BCUT2D eigenvalue weighted by atomic mass is 10.1. The van der Waals surface area contributed by atoms with Crippen molar-refractivity contribution < 1.29 is 17.9 Å². The van der Waals surface area contributed by atoms with Crippen LogP contribution in [0.3, 0.4) is 0 Å². The van der Waals surface area contributed by atoms with Gasteiger partial charge in [0.1, 0.15) is 0 Å². The van der Waals surface area contributed by atoms with Crippen LogP contribution in [0.4, 0.5) is 11.4 Å². The number of nitrogens with one attached hydrogen (secondary N) is 1. The maximum Gasteiger partial charge on any atom is 0.257 e. The number of rotatable bonds is 6. The number of sulfonamides is 1. The highest BCUT2D eigenvalue weighted by Crippen LogP contribution is 2.29. The average Bonchev–Trinajstić information content (AvgIpc) is 3.45. The molecule has 0 aliphatic carbocycles. The first-order valence-electron chi connectivity index (χ1n) is 11.8. The van der Waals surface area contributed by atoms with Crippen molar-refractivity contribution in [3.63, 3.8) is 0 Å². The van der Waals surface area contributed by atoms with Crippen molar-refractivity contribution in [1.82, 2.24) is 19.1 Å². The number of benzene rings is 1. The van der Waals surface area contributed by atoms with Gasteiger partial charge in [0.05, 0.1) is 35.6 Å². The second kappa shape index (κ2) is 10.1. The first kappa shape index (κ1) is 23.5. The third kappa shape index (κ3) is 5.07. The Hall–Kier alpha value is -3.28. The zero-order chi connectivity index (χ0) is 24.3. The van der Waals surface area contributed by atoms with Crippen LogP contribution in [0.5, 0.6) is 0 Å². The zero-order valence-corrected chi connectivity index (χ0v) is 20.2. The highest BCUT2D eigenvalue weighted by atomic mass is 32.2. The molecule has 2 fully saturated rings. The smallest absolute Gasteiger partial charge is 0.257 e. The highest BCUT2D eigenvalue weighted by Gasteiger charge is 2.28. The molecule has 11 heteroatoms. The molecule has 2 aromatic heterocycles. The molecule has 35 heavy (non-hydrogen) atoms. The van der Waals surface area contributed by atoms with Crippen LogP contribution >= 0.6 is 0 Å². The predicted molar refractivity (Wildman–Crippen MR) is 131 cm³/mol. The second-order valence-electron chi connectivity index (χ2n) is 8.55. The number of anilines is 2. The molecule has 3 aromatic rings. The predicted octanol–water partition coefficient (Wildman–Crippen LogP) is 2.53. The van der Waals surface area contributed by atoms with Crippen LogP contribution in [0, 0.1) is 0 Å². The van der Waals surface area contributed by atoms with Gasteiger partial charge in [0, 0.05) is 44.3 Å². The van der Waals surface area contributed by atoms with Crippen molar-refractivity contribution >= 4 is 27.3 Å². The Kier molecular flexibility index (Phi) is 6.80. The van der Waals surface area contributed by atoms with Gasteiger partial charge in [-0.15, -0.1) is 0 Å². The Morgan fingerprint density at radius 1 is 1.00 bits per heavy atom. The van der Waals surface area contributed by atoms with Crippen LogP contribution in [-0.2, 0) is 14.8 Å². The average molecular weight is 497 g/mol. The Bertz CT molecular complexity index is 1270. The third-order valence-corrected chi connectivity index (χ3v) is 8.16. The lowest BCUT2D eigenvalue weighted by molar-refractivity contribution is 0.102. The van der Waals surface area contributed by atoms with Gasteiger partial charge in [0.15, 0.2) is 5.82 Å². The Labute approximate surface area is 204 Å². The summed E-state index contributed by atoms with van der Waals surface area (Å²) in [5, 5.41) is 7.02. The number of carbonyl (C=O) groups is 1. The number of morpholine rings is 1. The van der Waals surface area contributed by atoms with E-state index in [9.17, 15) is 13.2 Å². The van der Waals surface area contributed by atoms with Crippen LogP contribution in [0.25, 0.3) is 5.82 Å². The molecule has 2 saturated heterocycles. The van der Waals surface area contributed by atoms with E-state index in [0.29, 0.717) is 62.1 Å². The molecule has 2 aliphatic rings. The lowest BCUT2D eigenvalue weighted by Crippen LogP contribution is -2.38. The molecule has 2 aliphatic heterocycles. The summed E-state index contributed by atoms with van der Waals surface area (Å²) in [6, 6.07) is 10.1. The molecule has 0 saturated carbocycles. The van der Waals surface area contributed by atoms with E-state index in [0.717, 1.165) is 19.3 Å². The number of hydrogen-bond donors (Lipinski definition) is 1. The van der Waals surface area contributed by atoms with Gasteiger partial charge in [0.25, 0.3) is 5.91 Å². The quantitative estimate of drug-likeness (QED) is 0.558. The van der Waals surface area contributed by atoms with E-state index in [1.165, 1.54) is 10.4 Å². The maximum absolute atomic E-state index is 13.4. The van der Waals surface area contributed by atoms with E-state index in [1.54, 1.807) is 53.6 Å². The molecule has 0 atom stereocenters. The van der Waals surface area contributed by atoms with Crippen LogP contribution in [0.1, 0.15) is 29.6 Å². The largest absolute Gasteiger partial charge is 0.378 e. The summed E-state index contributed by atoms with van der Waals surface area (Å²) < 4.78 is 35.2. The monoisotopic (exact) mass is 496 g/mol. The van der Waals surface area contributed by atoms with Crippen LogP contribution in [0.15, 0.2) is 59.9 Å². The molecule has 5 rings (SSSR count). The molecule has 0 radical (unpaired) electrons. The topological polar surface area (TPSA) is 110 Å². The number of carbonyl (C=O) groups excluding carboxylic acids is 1. The number of ether oxygens (including phenoxy) is 1. The second-order valence-corrected chi connectivity index (χ2v) is 10.5. The maximum atomic E-state index is 13.4. The number of aromatic nitrogens is 3. The Morgan fingerprint density at radius 2 is 1.80 bits per heavy atom. The molecule has 184 valence electrons. The molecule has 4 heterocycles. The first-order valence-corrected chi connectivity index (χ1v) is 13.2. The van der Waals surface area contributed by atoms with Gasteiger partial charge in [-0.05, 0) is 49.2 Å². The van der Waals surface area contributed by atoms with Crippen LogP contribution < -0.4 is 10.2 Å². The van der Waals surface area contributed by atoms with Crippen molar-refractivity contribution in [2.75, 3.05) is 49.6 Å². The van der Waals surface area contributed by atoms with Crippen molar-refractivity contribution in [2.24, 2.45) is 0 Å². The molecule has 1 amide bonds. The minimum absolute atomic E-state index is 0.133. The number of amides is 1. The molecule has 1 aromatic carbocycles. The van der Waals surface area contributed by atoms with Crippen molar-refractivity contribution in [2.45, 2.75) is 24.2 Å². The van der Waals surface area contributed by atoms with Gasteiger partial charge in [-0.2, -0.15) is 9.40 Å². The van der Waals surface area contributed by atoms with E-state index in [2.05, 4.69) is 20.3 Å². The Morgan fingerprint density at radius 3 is 2.49 bits per heavy atom. The summed E-state index contributed by atoms with van der Waals surface area (Å²) in [5.41, 5.74) is 1.49. The van der Waals surface area contributed by atoms with Gasteiger partial charge in [-0.25, -0.2) is 18.1 Å². The van der Waals surface area contributed by atoms with Crippen molar-refractivity contribution in [1.29, 1.82) is 0 Å². The van der Waals surface area contributed by atoms with E-state index in [1.807, 2.05) is 0 Å². The minimum atomic E-state index is -3.68. The zero-order valence-electron chi connectivity index (χ0n) is 19.3. The summed E-state index contributed by atoms with van der Waals surface area (Å²) in [5.74, 6) is 0.229. The fourth-order valence-electron chi connectivity index (χ4n) is 4.39. The number of pyridine rings is 1. The van der Waals surface area contributed by atoms with E-state index in [4.69, 9.17) is 4.74 Å². The standard InChI is InChI=1S/C24H28N6O4S/c31-24(27-19-5-8-23(25-18-19)30-12-4-9-26-30)21-17-20(35(32,33)29-10-2-1-3-11-29)6-7-22(21)28-13-15-34-16-14-28/h4-9,12,17-18H,1-3,10-11,13-16H2,(H,27,31). The van der Waals surface area contributed by atoms with Crippen molar-refractivity contribution in [3.05, 3.63) is 60.6 Å². The third-order valence-electron chi connectivity index (χ3n) is 6.26. The highest BCUT2D eigenvalue weighted by molar-refractivity contribution is 7.89. The van der Waals surface area contributed by atoms with Gasteiger partial charge in [-0.3, -0.25) is 4.79 Å². The van der Waals surface area contributed by atoms with Gasteiger partial charge in [-0.1, -0.05) is 6.42 Å². The van der Waals surface area contributed by atoms with E-state index >= 15 is 0 Å². The molecule has 10 nitrogen and oxygen atoms in total. The summed E-state index contributed by atoms with van der Waals surface area (Å²) in [6.07, 6.45) is 7.72. The van der Waals surface area contributed by atoms with E-state index in [-0.39, 0.29) is 4.90 Å². The summed E-state index contributed by atoms with van der Waals surface area (Å²) in [4.78, 5) is 20.0. The summed E-state index contributed by atoms with van der Waals surface area (Å²) in [7, 11) is -3.68. The molecule has 0 spiro atoms. The Balaban J connectivity index is 1.44. The minimum Gasteiger partial charge on any atom is -0.378 e. The molecule has 0 bridgehead atoms. The van der Waals surface area contributed by atoms with Gasteiger partial charge in [0.2, 0.25) is 10.0 Å². The number of piperidine rings is 1. The molecular formula is C24H28N6O4S. The molecular weight excluding hydrogens is 468 g/mol. The summed E-state index contributed by atoms with van der Waals surface area (Å²) in [6.45, 7) is 3.35. The van der Waals surface area contributed by atoms with Crippen LogP contribution in [0.2, 0.25) is 0 Å². The van der Waals surface area contributed by atoms with Gasteiger partial charge >= 0.3 is 0 Å². The van der Waals surface area contributed by atoms with Crippen molar-refractivity contribution in [3.8, 4) is 5.82 Å². The summed E-state index contributed by atoms with van der Waals surface area (Å²) >= 11 is 0. The van der Waals surface area contributed by atoms with E-state index < -0.39 is 15.9 Å². The first-order chi connectivity index (χ1) is 17.0. The lowest BCUT2D eigenvalue weighted by Gasteiger charge is -2.31. The fraction of sp³-hybridized carbons (Fsp3) is 0.375. The fourth-order valence-corrected chi connectivity index (χ4v) is 5.93. The molecule has 0 unspecified atom stereocenters. The molecule has 1 N–H and O–H groups in total. The normalized spacial score (nSPS) is 17.3. The number of nitrogens with zero attached hydrogens (tertiary/aromatic N) is 5.